The molecule has 7 heterocycles. The molecule has 2 aromatic carbocycles. The third-order valence-electron chi connectivity index (χ3n) is 13.8. The highest BCUT2D eigenvalue weighted by Crippen LogP contribution is 2.46. The largest absolute Gasteiger partial charge is 0.369 e. The molecule has 1 aromatic heterocycles. The van der Waals surface area contributed by atoms with Crippen LogP contribution in [0.25, 0.3) is 4.85 Å². The van der Waals surface area contributed by atoms with Crippen molar-refractivity contribution < 1.29 is 28.4 Å². The lowest BCUT2D eigenvalue weighted by Crippen LogP contribution is -2.54. The summed E-state index contributed by atoms with van der Waals surface area (Å²) in [5, 5.41) is 11.5. The Morgan fingerprint density at radius 1 is 0.902 bits per heavy atom. The Hall–Kier alpha value is -5.66. The number of halogens is 2. The van der Waals surface area contributed by atoms with Crippen molar-refractivity contribution >= 4 is 64.0 Å². The van der Waals surface area contributed by atoms with Crippen molar-refractivity contribution in [2.45, 2.75) is 64.0 Å². The van der Waals surface area contributed by atoms with Crippen LogP contribution in [0.5, 0.6) is 0 Å². The number of carbonyl (C=O) groups excluding carboxylic acids is 5. The summed E-state index contributed by atoms with van der Waals surface area (Å²) in [4.78, 5) is 79.1. The molecule has 9 rings (SSSR count). The smallest absolute Gasteiger partial charge is 0.274 e. The Labute approximate surface area is 358 Å². The lowest BCUT2D eigenvalue weighted by atomic mass is 9.77. The van der Waals surface area contributed by atoms with Crippen molar-refractivity contribution in [2.24, 2.45) is 11.3 Å². The number of aromatic nitrogens is 2. The maximum Gasteiger partial charge on any atom is 0.274 e. The highest BCUT2D eigenvalue weighted by molar-refractivity contribution is 6.33. The molecule has 318 valence electrons. The van der Waals surface area contributed by atoms with E-state index in [0.29, 0.717) is 54.5 Å². The summed E-state index contributed by atoms with van der Waals surface area (Å²) in [5.74, 6) is -2.09. The Bertz CT molecular complexity index is 2320. The molecule has 1 N–H and O–H groups in total. The second-order valence-corrected chi connectivity index (χ2v) is 17.9. The van der Waals surface area contributed by atoms with Crippen LogP contribution in [0.2, 0.25) is 5.02 Å². The number of rotatable bonds is 7. The number of fused-ring (bicyclic) bond motifs is 1. The molecule has 2 atom stereocenters. The molecule has 0 saturated carbocycles. The Morgan fingerprint density at radius 3 is 2.28 bits per heavy atom. The van der Waals surface area contributed by atoms with E-state index in [4.69, 9.17) is 18.2 Å². The summed E-state index contributed by atoms with van der Waals surface area (Å²) in [6.07, 6.45) is 4.83. The minimum atomic E-state index is -1.10. The van der Waals surface area contributed by atoms with Gasteiger partial charge in [0.1, 0.15) is 11.9 Å². The first-order valence-corrected chi connectivity index (χ1v) is 21.6. The third kappa shape index (κ3) is 7.78. The van der Waals surface area contributed by atoms with E-state index < -0.39 is 35.5 Å². The molecule has 15 nitrogen and oxygen atoms in total. The van der Waals surface area contributed by atoms with Crippen molar-refractivity contribution in [1.82, 2.24) is 30.2 Å². The second-order valence-electron chi connectivity index (χ2n) is 17.5. The van der Waals surface area contributed by atoms with Gasteiger partial charge in [0.2, 0.25) is 17.5 Å². The maximum absolute atomic E-state index is 15.5. The molecular formula is C44H48ClFN10O5. The fraction of sp³-hybridized carbons (Fsp3) is 0.500. The van der Waals surface area contributed by atoms with Gasteiger partial charge in [-0.05, 0) is 93.2 Å². The zero-order valence-electron chi connectivity index (χ0n) is 34.1. The van der Waals surface area contributed by atoms with E-state index in [-0.39, 0.29) is 41.0 Å². The van der Waals surface area contributed by atoms with Gasteiger partial charge in [-0.25, -0.2) is 9.24 Å². The first-order valence-electron chi connectivity index (χ1n) is 21.2. The Balaban J connectivity index is 0.725. The minimum Gasteiger partial charge on any atom is -0.369 e. The summed E-state index contributed by atoms with van der Waals surface area (Å²) < 4.78 is 15.5. The molecule has 0 bridgehead atoms. The van der Waals surface area contributed by atoms with Crippen LogP contribution in [0.3, 0.4) is 0 Å². The van der Waals surface area contributed by atoms with Gasteiger partial charge in [-0.2, -0.15) is 0 Å². The summed E-state index contributed by atoms with van der Waals surface area (Å²) in [6.45, 7) is 16.9. The Morgan fingerprint density at radius 2 is 1.62 bits per heavy atom. The molecule has 6 aliphatic rings. The van der Waals surface area contributed by atoms with Gasteiger partial charge in [-0.1, -0.05) is 17.7 Å². The topological polar surface area (TPSA) is 147 Å². The van der Waals surface area contributed by atoms with E-state index in [1.807, 2.05) is 28.0 Å². The van der Waals surface area contributed by atoms with Crippen molar-refractivity contribution in [2.75, 3.05) is 80.1 Å². The average Bonchev–Trinajstić information content (AvgIpc) is 3.71. The molecule has 61 heavy (non-hydrogen) atoms. The molecule has 6 aliphatic heterocycles. The number of imide groups is 2. The quantitative estimate of drug-likeness (QED) is 0.259. The van der Waals surface area contributed by atoms with Gasteiger partial charge in [-0.15, -0.1) is 10.2 Å². The van der Waals surface area contributed by atoms with Crippen LogP contribution in [0.1, 0.15) is 83.1 Å². The first-order chi connectivity index (χ1) is 29.4. The number of piperazine rings is 1. The SMILES string of the molecule is [C-]#[N+]c1ccc(N2CC3(CCN(c4ccc(C(=O)N5CCN(CC6CCN(c7cc8c(cc7F)C(=O)N(C7CCC(=O)NC7=O)C8=O)CC6)CC5)nn4)CC3)C[C@@H]2C)cc1Cl. The minimum absolute atomic E-state index is 0.0128. The predicted octanol–water partition coefficient (Wildman–Crippen LogP) is 4.78. The summed E-state index contributed by atoms with van der Waals surface area (Å²) in [5.41, 5.74) is 2.33. The molecule has 0 aliphatic carbocycles. The lowest BCUT2D eigenvalue weighted by Gasteiger charge is -2.40. The van der Waals surface area contributed by atoms with Crippen LogP contribution >= 0.6 is 11.6 Å². The molecule has 5 fully saturated rings. The summed E-state index contributed by atoms with van der Waals surface area (Å²) in [7, 11) is 0. The standard InChI is InChI=1S/C44H48ClFN10O5/c1-27-24-44(26-55(27)29-3-4-34(47-2)32(45)21-29)11-15-53(16-12-44)38-7-5-35(49-50-38)43(61)54-19-17-51(18-20-54)25-28-9-13-52(14-10-28)37-23-31-30(22-33(37)46)41(59)56(42(31)60)36-6-8-39(57)48-40(36)58/h3-5,7,21-23,27-28,36H,6,8-20,24-26H2,1H3,(H,48,57,58)/t27-,36?/m0/s1. The van der Waals surface area contributed by atoms with Crippen LogP contribution in [0.15, 0.2) is 42.5 Å². The van der Waals surface area contributed by atoms with Crippen molar-refractivity contribution in [3.05, 3.63) is 81.5 Å². The number of anilines is 3. The highest BCUT2D eigenvalue weighted by atomic mass is 35.5. The van der Waals surface area contributed by atoms with E-state index in [2.05, 4.69) is 42.0 Å². The fourth-order valence-corrected chi connectivity index (χ4v) is 10.6. The van der Waals surface area contributed by atoms with Crippen molar-refractivity contribution in [3.8, 4) is 0 Å². The van der Waals surface area contributed by atoms with Gasteiger partial charge in [-0.3, -0.25) is 39.1 Å². The van der Waals surface area contributed by atoms with E-state index in [9.17, 15) is 24.0 Å². The van der Waals surface area contributed by atoms with Crippen molar-refractivity contribution in [1.29, 1.82) is 0 Å². The van der Waals surface area contributed by atoms with Gasteiger partial charge in [0.05, 0.1) is 23.4 Å². The molecule has 17 heteroatoms. The van der Waals surface area contributed by atoms with Crippen LogP contribution in [0, 0.1) is 23.7 Å². The predicted molar refractivity (Wildman–Crippen MR) is 225 cm³/mol. The summed E-state index contributed by atoms with van der Waals surface area (Å²) >= 11 is 6.37. The molecule has 0 radical (unpaired) electrons. The molecular weight excluding hydrogens is 803 g/mol. The lowest BCUT2D eigenvalue weighted by molar-refractivity contribution is -0.136. The number of benzene rings is 2. The van der Waals surface area contributed by atoms with Gasteiger partial charge >= 0.3 is 0 Å². The number of carbonyl (C=O) groups is 5. The monoisotopic (exact) mass is 850 g/mol. The fourth-order valence-electron chi connectivity index (χ4n) is 10.3. The maximum atomic E-state index is 15.5. The van der Waals surface area contributed by atoms with Crippen LogP contribution in [0.4, 0.5) is 27.3 Å². The van der Waals surface area contributed by atoms with E-state index in [0.717, 1.165) is 93.8 Å². The normalized spacial score (nSPS) is 23.5. The number of piperidine rings is 3. The highest BCUT2D eigenvalue weighted by Gasteiger charge is 2.46. The molecule has 1 spiro atoms. The van der Waals surface area contributed by atoms with Crippen molar-refractivity contribution in [3.63, 3.8) is 0 Å². The molecule has 5 saturated heterocycles. The zero-order valence-corrected chi connectivity index (χ0v) is 34.9. The number of nitrogens with one attached hydrogen (secondary N) is 1. The second kappa shape index (κ2) is 16.3. The first kappa shape index (κ1) is 40.7. The van der Waals surface area contributed by atoms with Crippen LogP contribution in [-0.4, -0.2) is 132 Å². The molecule has 5 amide bonds. The number of amides is 5. The number of hydrogen-bond donors (Lipinski definition) is 1. The number of hydrogen-bond acceptors (Lipinski definition) is 11. The van der Waals surface area contributed by atoms with Gasteiger partial charge in [0.15, 0.2) is 11.5 Å². The Kier molecular flexibility index (Phi) is 10.9. The van der Waals surface area contributed by atoms with E-state index in [1.54, 1.807) is 12.1 Å². The number of nitrogens with zero attached hydrogens (tertiary/aromatic N) is 9. The third-order valence-corrected chi connectivity index (χ3v) is 14.1. The zero-order chi connectivity index (χ0) is 42.6. The molecule has 1 unspecified atom stereocenters. The average molecular weight is 851 g/mol. The van der Waals surface area contributed by atoms with Gasteiger partial charge in [0, 0.05) is 88.6 Å². The summed E-state index contributed by atoms with van der Waals surface area (Å²) in [6, 6.07) is 11.2. The molecule has 3 aromatic rings. The van der Waals surface area contributed by atoms with Gasteiger partial charge in [0.25, 0.3) is 17.7 Å². The van der Waals surface area contributed by atoms with E-state index in [1.165, 1.54) is 6.07 Å². The van der Waals surface area contributed by atoms with Crippen LogP contribution in [-0.2, 0) is 9.59 Å². The van der Waals surface area contributed by atoms with Crippen LogP contribution < -0.4 is 20.0 Å². The van der Waals surface area contributed by atoms with E-state index >= 15 is 4.39 Å². The van der Waals surface area contributed by atoms with Gasteiger partial charge < -0.3 is 19.6 Å².